The van der Waals surface area contributed by atoms with Gasteiger partial charge in [0.2, 0.25) is 0 Å². The average molecular weight is 516 g/mol. The summed E-state index contributed by atoms with van der Waals surface area (Å²) in [6.45, 7) is 7.67. The normalized spacial score (nSPS) is 13.7. The molecule has 1 aliphatic rings. The van der Waals surface area contributed by atoms with E-state index in [0.717, 1.165) is 13.0 Å². The first-order valence-electron chi connectivity index (χ1n) is 14.4. The zero-order chi connectivity index (χ0) is 27.2. The van der Waals surface area contributed by atoms with E-state index in [4.69, 9.17) is 0 Å². The maximum atomic E-state index is 4.68. The first kappa shape index (κ1) is 26.7. The molecule has 0 amide bonds. The van der Waals surface area contributed by atoms with Crippen molar-refractivity contribution in [3.63, 3.8) is 0 Å². The average Bonchev–Trinajstić information content (AvgIpc) is 3.00. The largest absolute Gasteiger partial charge is 0.378 e. The molecule has 1 aromatic heterocycles. The molecule has 39 heavy (non-hydrogen) atoms. The van der Waals surface area contributed by atoms with Gasteiger partial charge < -0.3 is 9.80 Å². The number of allylic oxidation sites excluding steroid dienone is 1. The fraction of sp³-hybridized carbons (Fsp3) is 0.306. The third-order valence-electron chi connectivity index (χ3n) is 8.13. The highest BCUT2D eigenvalue weighted by atomic mass is 15.1. The van der Waals surface area contributed by atoms with Gasteiger partial charge in [-0.2, -0.15) is 0 Å². The standard InChI is InChI=1S/C36H41N3/c1-5-28-22-34(25-37-24-28)33-12-9-13-36(23-33)39(27(2)30-10-7-6-8-11-30)26-29-14-16-31(17-15-29)32-18-20-35(21-19-32)38(3)4/h9,12-25,30H,2,5-8,10-11,26H2,1,3-4H3. The number of anilines is 2. The van der Waals surface area contributed by atoms with Gasteiger partial charge in [0.25, 0.3) is 0 Å². The van der Waals surface area contributed by atoms with Crippen LogP contribution >= 0.6 is 0 Å². The summed E-state index contributed by atoms with van der Waals surface area (Å²) in [5.41, 5.74) is 11.1. The van der Waals surface area contributed by atoms with E-state index in [2.05, 4.69) is 121 Å². The fourth-order valence-electron chi connectivity index (χ4n) is 5.64. The van der Waals surface area contributed by atoms with Gasteiger partial charge in [0.15, 0.2) is 0 Å². The van der Waals surface area contributed by atoms with Gasteiger partial charge in [-0.1, -0.05) is 81.3 Å². The van der Waals surface area contributed by atoms with Gasteiger partial charge in [0.1, 0.15) is 0 Å². The highest BCUT2D eigenvalue weighted by molar-refractivity contribution is 5.70. The zero-order valence-electron chi connectivity index (χ0n) is 23.7. The monoisotopic (exact) mass is 515 g/mol. The molecule has 0 N–H and O–H groups in total. The Hall–Kier alpha value is -3.85. The molecule has 3 aromatic carbocycles. The summed E-state index contributed by atoms with van der Waals surface area (Å²) in [6.07, 6.45) is 11.3. The molecule has 0 saturated heterocycles. The summed E-state index contributed by atoms with van der Waals surface area (Å²) in [6, 6.07) is 29.0. The Balaban J connectivity index is 1.43. The summed E-state index contributed by atoms with van der Waals surface area (Å²) >= 11 is 0. The van der Waals surface area contributed by atoms with Gasteiger partial charge in [0.05, 0.1) is 0 Å². The quantitative estimate of drug-likeness (QED) is 0.221. The maximum absolute atomic E-state index is 4.68. The first-order chi connectivity index (χ1) is 19.0. The molecule has 1 aliphatic carbocycles. The number of nitrogens with zero attached hydrogens (tertiary/aromatic N) is 3. The molecule has 0 bridgehead atoms. The van der Waals surface area contributed by atoms with Crippen LogP contribution in [-0.2, 0) is 13.0 Å². The van der Waals surface area contributed by atoms with Gasteiger partial charge >= 0.3 is 0 Å². The number of aryl methyl sites for hydroxylation is 1. The van der Waals surface area contributed by atoms with Crippen LogP contribution in [0.4, 0.5) is 11.4 Å². The number of hydrogen-bond donors (Lipinski definition) is 0. The Morgan fingerprint density at radius 2 is 1.44 bits per heavy atom. The summed E-state index contributed by atoms with van der Waals surface area (Å²) in [7, 11) is 4.15. The Morgan fingerprint density at radius 3 is 2.10 bits per heavy atom. The van der Waals surface area contributed by atoms with Gasteiger partial charge in [-0.3, -0.25) is 4.98 Å². The Bertz CT molecular complexity index is 1380. The molecular weight excluding hydrogens is 474 g/mol. The Labute approximate surface area is 234 Å². The summed E-state index contributed by atoms with van der Waals surface area (Å²) in [5.74, 6) is 0.543. The predicted octanol–water partition coefficient (Wildman–Crippen LogP) is 9.14. The van der Waals surface area contributed by atoms with E-state index in [0.29, 0.717) is 5.92 Å². The third kappa shape index (κ3) is 6.42. The minimum atomic E-state index is 0.543. The molecule has 0 atom stereocenters. The van der Waals surface area contributed by atoms with E-state index in [1.807, 2.05) is 12.4 Å². The van der Waals surface area contributed by atoms with Crippen LogP contribution in [0.25, 0.3) is 22.3 Å². The Kier molecular flexibility index (Phi) is 8.46. The summed E-state index contributed by atoms with van der Waals surface area (Å²) in [4.78, 5) is 9.08. The summed E-state index contributed by atoms with van der Waals surface area (Å²) < 4.78 is 0. The fourth-order valence-corrected chi connectivity index (χ4v) is 5.64. The van der Waals surface area contributed by atoms with E-state index >= 15 is 0 Å². The highest BCUT2D eigenvalue weighted by Gasteiger charge is 2.22. The minimum Gasteiger partial charge on any atom is -0.378 e. The van der Waals surface area contributed by atoms with Crippen LogP contribution in [0.15, 0.2) is 104 Å². The SMILES string of the molecule is C=C(C1CCCCC1)N(Cc1ccc(-c2ccc(N(C)C)cc2)cc1)c1cccc(-c2cncc(CC)c2)c1. The molecule has 3 heteroatoms. The summed E-state index contributed by atoms with van der Waals surface area (Å²) in [5, 5.41) is 0. The molecule has 200 valence electrons. The number of rotatable bonds is 9. The molecule has 0 aliphatic heterocycles. The second-order valence-electron chi connectivity index (χ2n) is 11.0. The lowest BCUT2D eigenvalue weighted by Gasteiger charge is -2.34. The van der Waals surface area contributed by atoms with Crippen LogP contribution in [0.2, 0.25) is 0 Å². The molecule has 5 rings (SSSR count). The highest BCUT2D eigenvalue weighted by Crippen LogP contribution is 2.36. The van der Waals surface area contributed by atoms with Crippen molar-refractivity contribution in [1.82, 2.24) is 4.98 Å². The lowest BCUT2D eigenvalue weighted by atomic mass is 9.86. The van der Waals surface area contributed by atoms with Gasteiger partial charge in [0, 0.05) is 55.7 Å². The number of hydrogen-bond acceptors (Lipinski definition) is 3. The van der Waals surface area contributed by atoms with Gasteiger partial charge in [-0.05, 0) is 83.3 Å². The Morgan fingerprint density at radius 1 is 0.744 bits per heavy atom. The van der Waals surface area contributed by atoms with Gasteiger partial charge in [-0.15, -0.1) is 0 Å². The minimum absolute atomic E-state index is 0.543. The number of pyridine rings is 1. The second-order valence-corrected chi connectivity index (χ2v) is 11.0. The molecule has 4 aromatic rings. The van der Waals surface area contributed by atoms with E-state index in [-0.39, 0.29) is 0 Å². The third-order valence-corrected chi connectivity index (χ3v) is 8.13. The van der Waals surface area contributed by atoms with Crippen molar-refractivity contribution < 1.29 is 0 Å². The van der Waals surface area contributed by atoms with Crippen molar-refractivity contribution in [3.05, 3.63) is 115 Å². The molecule has 1 heterocycles. The van der Waals surface area contributed by atoms with E-state index < -0.39 is 0 Å². The van der Waals surface area contributed by atoms with Crippen molar-refractivity contribution in [2.75, 3.05) is 23.9 Å². The van der Waals surface area contributed by atoms with Crippen molar-refractivity contribution >= 4 is 11.4 Å². The van der Waals surface area contributed by atoms with Crippen LogP contribution in [0.1, 0.15) is 50.2 Å². The lowest BCUT2D eigenvalue weighted by molar-refractivity contribution is 0.396. The van der Waals surface area contributed by atoms with Crippen LogP contribution in [0.5, 0.6) is 0 Å². The van der Waals surface area contributed by atoms with Crippen LogP contribution in [0, 0.1) is 5.92 Å². The molecule has 1 fully saturated rings. The predicted molar refractivity (Wildman–Crippen MR) is 167 cm³/mol. The van der Waals surface area contributed by atoms with Crippen LogP contribution < -0.4 is 9.80 Å². The molecule has 3 nitrogen and oxygen atoms in total. The second kappa shape index (κ2) is 12.3. The molecular formula is C36H41N3. The van der Waals surface area contributed by atoms with E-state index in [9.17, 15) is 0 Å². The zero-order valence-corrected chi connectivity index (χ0v) is 23.7. The molecule has 0 radical (unpaired) electrons. The number of aromatic nitrogens is 1. The van der Waals surface area contributed by atoms with Crippen molar-refractivity contribution in [1.29, 1.82) is 0 Å². The topological polar surface area (TPSA) is 19.4 Å². The van der Waals surface area contributed by atoms with Gasteiger partial charge in [-0.25, -0.2) is 0 Å². The van der Waals surface area contributed by atoms with Crippen LogP contribution in [0.3, 0.4) is 0 Å². The van der Waals surface area contributed by atoms with Crippen molar-refractivity contribution in [2.24, 2.45) is 5.92 Å². The molecule has 0 unspecified atom stereocenters. The van der Waals surface area contributed by atoms with Crippen LogP contribution in [-0.4, -0.2) is 19.1 Å². The number of benzene rings is 3. The van der Waals surface area contributed by atoms with E-state index in [1.165, 1.54) is 82.6 Å². The van der Waals surface area contributed by atoms with Crippen molar-refractivity contribution in [3.8, 4) is 22.3 Å². The first-order valence-corrected chi connectivity index (χ1v) is 14.4. The lowest BCUT2D eigenvalue weighted by Crippen LogP contribution is -2.27. The molecule has 0 spiro atoms. The smallest absolute Gasteiger partial charge is 0.0478 e. The molecule has 1 saturated carbocycles. The van der Waals surface area contributed by atoms with E-state index in [1.54, 1.807) is 0 Å². The maximum Gasteiger partial charge on any atom is 0.0478 e. The van der Waals surface area contributed by atoms with Crippen molar-refractivity contribution in [2.45, 2.75) is 52.0 Å².